The molecule has 1 aliphatic carbocycles. The molecule has 0 heterocycles. The van der Waals surface area contributed by atoms with Crippen molar-refractivity contribution in [3.8, 4) is 0 Å². The number of hydrogen-bond donors (Lipinski definition) is 3. The quantitative estimate of drug-likeness (QED) is 0.767. The van der Waals surface area contributed by atoms with Gasteiger partial charge in [0.15, 0.2) is 0 Å². The van der Waals surface area contributed by atoms with Crippen molar-refractivity contribution in [3.63, 3.8) is 0 Å². The predicted molar refractivity (Wildman–Crippen MR) is 73.4 cm³/mol. The van der Waals surface area contributed by atoms with E-state index in [1.165, 1.54) is 12.8 Å². The van der Waals surface area contributed by atoms with Crippen molar-refractivity contribution in [3.05, 3.63) is 30.3 Å². The monoisotopic (exact) mass is 247 g/mol. The number of nitrogens with one attached hydrogen (secondary N) is 2. The lowest BCUT2D eigenvalue weighted by Gasteiger charge is -2.28. The highest BCUT2D eigenvalue weighted by atomic mass is 16.2. The van der Waals surface area contributed by atoms with E-state index in [9.17, 15) is 4.79 Å². The Balaban J connectivity index is 1.74. The molecule has 4 nitrogen and oxygen atoms in total. The highest BCUT2D eigenvalue weighted by molar-refractivity contribution is 5.89. The first-order valence-corrected chi connectivity index (χ1v) is 6.61. The first-order chi connectivity index (χ1) is 8.75. The summed E-state index contributed by atoms with van der Waals surface area (Å²) in [5.74, 6) is 0.417. The number of rotatable bonds is 3. The molecule has 2 rings (SSSR count). The highest BCUT2D eigenvalue weighted by Crippen LogP contribution is 2.22. The zero-order valence-electron chi connectivity index (χ0n) is 10.6. The number of para-hydroxylation sites is 1. The maximum absolute atomic E-state index is 11.7. The summed E-state index contributed by atoms with van der Waals surface area (Å²) < 4.78 is 0. The maximum atomic E-state index is 11.7. The van der Waals surface area contributed by atoms with Crippen molar-refractivity contribution >= 4 is 11.7 Å². The van der Waals surface area contributed by atoms with Crippen molar-refractivity contribution in [2.45, 2.75) is 31.7 Å². The van der Waals surface area contributed by atoms with Crippen LogP contribution < -0.4 is 16.4 Å². The molecule has 0 spiro atoms. The zero-order valence-corrected chi connectivity index (χ0v) is 10.6. The minimum Gasteiger partial charge on any atom is -0.338 e. The van der Waals surface area contributed by atoms with Crippen LogP contribution in [0.15, 0.2) is 30.3 Å². The van der Waals surface area contributed by atoms with Gasteiger partial charge >= 0.3 is 6.03 Å². The molecule has 0 bridgehead atoms. The van der Waals surface area contributed by atoms with Gasteiger partial charge in [-0.05, 0) is 30.9 Å². The Hall–Kier alpha value is -1.55. The Morgan fingerprint density at radius 3 is 2.67 bits per heavy atom. The lowest BCUT2D eigenvalue weighted by molar-refractivity contribution is 0.244. The summed E-state index contributed by atoms with van der Waals surface area (Å²) in [7, 11) is 0. The first kappa shape index (κ1) is 12.9. The number of benzene rings is 1. The van der Waals surface area contributed by atoms with Crippen LogP contribution in [0.25, 0.3) is 0 Å². The van der Waals surface area contributed by atoms with Crippen LogP contribution in [-0.4, -0.2) is 18.6 Å². The number of carbonyl (C=O) groups is 1. The lowest BCUT2D eigenvalue weighted by Crippen LogP contribution is -2.42. The second-order valence-corrected chi connectivity index (χ2v) is 4.91. The van der Waals surface area contributed by atoms with E-state index in [1.54, 1.807) is 0 Å². The van der Waals surface area contributed by atoms with Gasteiger partial charge in [0.1, 0.15) is 0 Å². The fraction of sp³-hybridized carbons (Fsp3) is 0.500. The van der Waals surface area contributed by atoms with Crippen LogP contribution in [0.2, 0.25) is 0 Å². The third-order valence-electron chi connectivity index (χ3n) is 3.52. The van der Waals surface area contributed by atoms with Gasteiger partial charge in [0.2, 0.25) is 0 Å². The Morgan fingerprint density at radius 2 is 1.94 bits per heavy atom. The molecule has 0 saturated heterocycles. The van der Waals surface area contributed by atoms with Gasteiger partial charge in [0, 0.05) is 18.3 Å². The summed E-state index contributed by atoms with van der Waals surface area (Å²) in [6, 6.07) is 9.52. The molecule has 4 N–H and O–H groups in total. The second-order valence-electron chi connectivity index (χ2n) is 4.91. The molecule has 18 heavy (non-hydrogen) atoms. The fourth-order valence-corrected chi connectivity index (χ4v) is 2.41. The van der Waals surface area contributed by atoms with E-state index in [4.69, 9.17) is 5.73 Å². The molecule has 1 saturated carbocycles. The number of amides is 2. The van der Waals surface area contributed by atoms with Crippen molar-refractivity contribution in [1.29, 1.82) is 0 Å². The van der Waals surface area contributed by atoms with Gasteiger partial charge in [-0.2, -0.15) is 0 Å². The second kappa shape index (κ2) is 6.40. The van der Waals surface area contributed by atoms with Crippen LogP contribution in [0.1, 0.15) is 25.7 Å². The molecule has 2 unspecified atom stereocenters. The van der Waals surface area contributed by atoms with E-state index < -0.39 is 0 Å². The molecular formula is C14H21N3O. The standard InChI is InChI=1S/C14H21N3O/c15-13-9-5-4-6-11(13)10-16-14(18)17-12-7-2-1-3-8-12/h1-3,7-8,11,13H,4-6,9-10,15H2,(H2,16,17,18). The average Bonchev–Trinajstić information content (AvgIpc) is 2.39. The normalized spacial score (nSPS) is 23.4. The van der Waals surface area contributed by atoms with E-state index in [0.717, 1.165) is 18.5 Å². The van der Waals surface area contributed by atoms with E-state index in [0.29, 0.717) is 12.5 Å². The summed E-state index contributed by atoms with van der Waals surface area (Å²) in [4.78, 5) is 11.7. The largest absolute Gasteiger partial charge is 0.338 e. The zero-order chi connectivity index (χ0) is 12.8. The first-order valence-electron chi connectivity index (χ1n) is 6.61. The Morgan fingerprint density at radius 1 is 1.22 bits per heavy atom. The SMILES string of the molecule is NC1CCCCC1CNC(=O)Nc1ccccc1. The van der Waals surface area contributed by atoms with Gasteiger partial charge in [0.05, 0.1) is 0 Å². The minimum atomic E-state index is -0.154. The number of carbonyl (C=O) groups excluding carboxylic acids is 1. The van der Waals surface area contributed by atoms with E-state index in [2.05, 4.69) is 10.6 Å². The molecule has 98 valence electrons. The van der Waals surface area contributed by atoms with Crippen molar-refractivity contribution in [2.75, 3.05) is 11.9 Å². The maximum Gasteiger partial charge on any atom is 0.319 e. The van der Waals surface area contributed by atoms with Crippen LogP contribution in [0.3, 0.4) is 0 Å². The number of urea groups is 1. The van der Waals surface area contributed by atoms with Gasteiger partial charge in [-0.1, -0.05) is 31.0 Å². The van der Waals surface area contributed by atoms with Crippen molar-refractivity contribution in [1.82, 2.24) is 5.32 Å². The van der Waals surface area contributed by atoms with Crippen molar-refractivity contribution in [2.24, 2.45) is 11.7 Å². The molecule has 1 aliphatic rings. The van der Waals surface area contributed by atoms with Crippen LogP contribution in [-0.2, 0) is 0 Å². The van der Waals surface area contributed by atoms with Gasteiger partial charge in [0.25, 0.3) is 0 Å². The number of anilines is 1. The molecule has 0 aliphatic heterocycles. The molecule has 1 aromatic carbocycles. The molecule has 1 aromatic rings. The summed E-state index contributed by atoms with van der Waals surface area (Å²) in [6.07, 6.45) is 4.63. The Kier molecular flexibility index (Phi) is 4.59. The summed E-state index contributed by atoms with van der Waals surface area (Å²) in [6.45, 7) is 0.667. The van der Waals surface area contributed by atoms with Gasteiger partial charge in [-0.15, -0.1) is 0 Å². The highest BCUT2D eigenvalue weighted by Gasteiger charge is 2.21. The van der Waals surface area contributed by atoms with Crippen LogP contribution in [0.4, 0.5) is 10.5 Å². The summed E-state index contributed by atoms with van der Waals surface area (Å²) in [5.41, 5.74) is 6.85. The van der Waals surface area contributed by atoms with Crippen LogP contribution in [0.5, 0.6) is 0 Å². The number of hydrogen-bond acceptors (Lipinski definition) is 2. The molecular weight excluding hydrogens is 226 g/mol. The Bertz CT molecular complexity index is 380. The molecule has 2 atom stereocenters. The van der Waals surface area contributed by atoms with Crippen molar-refractivity contribution < 1.29 is 4.79 Å². The topological polar surface area (TPSA) is 67.1 Å². The molecule has 2 amide bonds. The number of nitrogens with two attached hydrogens (primary N) is 1. The third-order valence-corrected chi connectivity index (χ3v) is 3.52. The minimum absolute atomic E-state index is 0.154. The van der Waals surface area contributed by atoms with Gasteiger partial charge in [-0.3, -0.25) is 0 Å². The molecule has 1 fully saturated rings. The molecule has 0 radical (unpaired) electrons. The van der Waals surface area contributed by atoms with E-state index in [-0.39, 0.29) is 12.1 Å². The average molecular weight is 247 g/mol. The van der Waals surface area contributed by atoms with Gasteiger partial charge in [-0.25, -0.2) is 4.79 Å². The van der Waals surface area contributed by atoms with Crippen LogP contribution in [0, 0.1) is 5.92 Å². The lowest BCUT2D eigenvalue weighted by atomic mass is 9.85. The molecule has 4 heteroatoms. The van der Waals surface area contributed by atoms with E-state index in [1.807, 2.05) is 30.3 Å². The fourth-order valence-electron chi connectivity index (χ4n) is 2.41. The third kappa shape index (κ3) is 3.74. The molecule has 0 aromatic heterocycles. The van der Waals surface area contributed by atoms with Crippen LogP contribution >= 0.6 is 0 Å². The van der Waals surface area contributed by atoms with Gasteiger partial charge < -0.3 is 16.4 Å². The smallest absolute Gasteiger partial charge is 0.319 e. The predicted octanol–water partition coefficient (Wildman–Crippen LogP) is 2.33. The Labute approximate surface area is 108 Å². The summed E-state index contributed by atoms with van der Waals surface area (Å²) >= 11 is 0. The summed E-state index contributed by atoms with van der Waals surface area (Å²) in [5, 5.41) is 5.71. The van der Waals surface area contributed by atoms with E-state index >= 15 is 0 Å².